The lowest BCUT2D eigenvalue weighted by Gasteiger charge is -2.24. The van der Waals surface area contributed by atoms with Crippen LogP contribution in [-0.4, -0.2) is 18.5 Å². The molecule has 0 radical (unpaired) electrons. The first kappa shape index (κ1) is 9.46. The lowest BCUT2D eigenvalue weighted by atomic mass is 9.78. The molecule has 2 aliphatic rings. The number of fused-ring (bicyclic) bond motifs is 1. The zero-order valence-electron chi connectivity index (χ0n) is 8.63. The minimum absolute atomic E-state index is 0.118. The number of carbonyl (C=O) groups is 1. The molecule has 3 N–H and O–H groups in total. The first-order valence-electron chi connectivity index (χ1n) is 4.98. The lowest BCUT2D eigenvalue weighted by molar-refractivity contribution is -0.125. The maximum absolute atomic E-state index is 11.7. The molecule has 0 bridgehead atoms. The highest BCUT2D eigenvalue weighted by Crippen LogP contribution is 2.40. The standard InChI is InChI=1S/C11H16N2O/c1-11(2)9-7(6-12)4-3-5-8(9)13-10(11)14/h3-4,8H,5-6,12H2,1-2H3,(H,13,14). The minimum atomic E-state index is -0.385. The summed E-state index contributed by atoms with van der Waals surface area (Å²) in [5.74, 6) is 0.118. The van der Waals surface area contributed by atoms with Crippen LogP contribution in [0.1, 0.15) is 20.3 Å². The van der Waals surface area contributed by atoms with Gasteiger partial charge in [0, 0.05) is 6.54 Å². The van der Waals surface area contributed by atoms with Crippen LogP contribution in [0, 0.1) is 5.41 Å². The topological polar surface area (TPSA) is 55.1 Å². The van der Waals surface area contributed by atoms with Crippen LogP contribution >= 0.6 is 0 Å². The lowest BCUT2D eigenvalue weighted by Crippen LogP contribution is -2.28. The highest BCUT2D eigenvalue weighted by Gasteiger charge is 2.45. The van der Waals surface area contributed by atoms with E-state index in [0.717, 1.165) is 12.0 Å². The summed E-state index contributed by atoms with van der Waals surface area (Å²) >= 11 is 0. The number of hydrogen-bond acceptors (Lipinski definition) is 2. The zero-order chi connectivity index (χ0) is 10.3. The third kappa shape index (κ3) is 1.12. The number of nitrogens with one attached hydrogen (secondary N) is 1. The van der Waals surface area contributed by atoms with Gasteiger partial charge in [0.2, 0.25) is 5.91 Å². The fourth-order valence-electron chi connectivity index (χ4n) is 2.38. The normalized spacial score (nSPS) is 29.1. The molecular weight excluding hydrogens is 176 g/mol. The Morgan fingerprint density at radius 1 is 1.64 bits per heavy atom. The summed E-state index contributed by atoms with van der Waals surface area (Å²) in [7, 11) is 0. The zero-order valence-corrected chi connectivity index (χ0v) is 8.63. The van der Waals surface area contributed by atoms with E-state index in [0.29, 0.717) is 6.54 Å². The monoisotopic (exact) mass is 192 g/mol. The Morgan fingerprint density at radius 2 is 2.36 bits per heavy atom. The van der Waals surface area contributed by atoms with Gasteiger partial charge in [0.1, 0.15) is 0 Å². The van der Waals surface area contributed by atoms with Crippen molar-refractivity contribution in [2.24, 2.45) is 11.1 Å². The van der Waals surface area contributed by atoms with E-state index >= 15 is 0 Å². The number of nitrogens with two attached hydrogens (primary N) is 1. The van der Waals surface area contributed by atoms with E-state index in [1.165, 1.54) is 5.57 Å². The van der Waals surface area contributed by atoms with Gasteiger partial charge in [0.05, 0.1) is 11.5 Å². The first-order chi connectivity index (χ1) is 6.57. The highest BCUT2D eigenvalue weighted by atomic mass is 16.2. The maximum Gasteiger partial charge on any atom is 0.230 e. The van der Waals surface area contributed by atoms with Gasteiger partial charge < -0.3 is 11.1 Å². The molecule has 1 saturated heterocycles. The summed E-state index contributed by atoms with van der Waals surface area (Å²) in [6, 6.07) is 0.182. The van der Waals surface area contributed by atoms with Gasteiger partial charge in [-0.3, -0.25) is 4.79 Å². The van der Waals surface area contributed by atoms with Crippen molar-refractivity contribution < 1.29 is 4.79 Å². The van der Waals surface area contributed by atoms with Gasteiger partial charge in [-0.2, -0.15) is 0 Å². The molecule has 2 rings (SSSR count). The molecule has 0 aromatic heterocycles. The van der Waals surface area contributed by atoms with Crippen LogP contribution in [0.4, 0.5) is 0 Å². The molecule has 0 saturated carbocycles. The smallest absolute Gasteiger partial charge is 0.230 e. The van der Waals surface area contributed by atoms with Crippen molar-refractivity contribution >= 4 is 5.91 Å². The average molecular weight is 192 g/mol. The van der Waals surface area contributed by atoms with E-state index in [1.54, 1.807) is 0 Å². The van der Waals surface area contributed by atoms with Crippen LogP contribution in [-0.2, 0) is 4.79 Å². The summed E-state index contributed by atoms with van der Waals surface area (Å²) in [6.45, 7) is 4.44. The molecule has 1 aliphatic heterocycles. The van der Waals surface area contributed by atoms with Gasteiger partial charge in [-0.05, 0) is 31.4 Å². The molecule has 1 fully saturated rings. The van der Waals surface area contributed by atoms with E-state index in [2.05, 4.69) is 11.4 Å². The molecule has 1 atom stereocenters. The largest absolute Gasteiger partial charge is 0.349 e. The van der Waals surface area contributed by atoms with Crippen molar-refractivity contribution in [2.75, 3.05) is 6.54 Å². The second-order valence-electron chi connectivity index (χ2n) is 4.43. The van der Waals surface area contributed by atoms with Crippen LogP contribution in [0.5, 0.6) is 0 Å². The quantitative estimate of drug-likeness (QED) is 0.643. The van der Waals surface area contributed by atoms with Crippen molar-refractivity contribution in [3.63, 3.8) is 0 Å². The second kappa shape index (κ2) is 2.95. The fraction of sp³-hybridized carbons (Fsp3) is 0.545. The van der Waals surface area contributed by atoms with Crippen molar-refractivity contribution in [3.8, 4) is 0 Å². The average Bonchev–Trinajstić information content (AvgIpc) is 2.38. The Labute approximate surface area is 84.0 Å². The number of rotatable bonds is 1. The van der Waals surface area contributed by atoms with E-state index in [4.69, 9.17) is 5.73 Å². The molecule has 76 valence electrons. The summed E-state index contributed by atoms with van der Waals surface area (Å²) in [5.41, 5.74) is 7.60. The van der Waals surface area contributed by atoms with Crippen LogP contribution in [0.15, 0.2) is 23.3 Å². The van der Waals surface area contributed by atoms with Crippen molar-refractivity contribution in [3.05, 3.63) is 23.3 Å². The molecule has 0 spiro atoms. The van der Waals surface area contributed by atoms with Gasteiger partial charge in [-0.15, -0.1) is 0 Å². The molecule has 1 aliphatic carbocycles. The molecule has 0 aromatic rings. The Balaban J connectivity index is 2.51. The molecular formula is C11H16N2O. The van der Waals surface area contributed by atoms with Crippen molar-refractivity contribution in [2.45, 2.75) is 26.3 Å². The number of amides is 1. The van der Waals surface area contributed by atoms with E-state index in [-0.39, 0.29) is 17.4 Å². The SMILES string of the molecule is CC1(C)C(=O)NC2CC=CC(CN)=C21. The van der Waals surface area contributed by atoms with E-state index in [9.17, 15) is 4.79 Å². The molecule has 3 heteroatoms. The van der Waals surface area contributed by atoms with E-state index < -0.39 is 0 Å². The Morgan fingerprint density at radius 3 is 3.00 bits per heavy atom. The maximum atomic E-state index is 11.7. The predicted molar refractivity (Wildman–Crippen MR) is 55.5 cm³/mol. The Hall–Kier alpha value is -1.09. The molecule has 1 unspecified atom stereocenters. The van der Waals surface area contributed by atoms with Crippen LogP contribution in [0.3, 0.4) is 0 Å². The molecule has 14 heavy (non-hydrogen) atoms. The molecule has 1 heterocycles. The minimum Gasteiger partial charge on any atom is -0.349 e. The summed E-state index contributed by atoms with van der Waals surface area (Å²) in [5, 5.41) is 3.01. The predicted octanol–water partition coefficient (Wildman–Crippen LogP) is 0.726. The Bertz CT molecular complexity index is 339. The van der Waals surface area contributed by atoms with Crippen LogP contribution < -0.4 is 11.1 Å². The number of carbonyl (C=O) groups excluding carboxylic acids is 1. The van der Waals surface area contributed by atoms with Gasteiger partial charge in [-0.1, -0.05) is 12.2 Å². The molecule has 0 aromatic carbocycles. The third-order valence-corrected chi connectivity index (χ3v) is 3.15. The van der Waals surface area contributed by atoms with Gasteiger partial charge in [0.15, 0.2) is 0 Å². The summed E-state index contributed by atoms with van der Waals surface area (Å²) in [4.78, 5) is 11.7. The summed E-state index contributed by atoms with van der Waals surface area (Å²) in [6.07, 6.45) is 5.03. The Kier molecular flexibility index (Phi) is 2.00. The van der Waals surface area contributed by atoms with Crippen LogP contribution in [0.2, 0.25) is 0 Å². The molecule has 1 amide bonds. The van der Waals surface area contributed by atoms with Crippen LogP contribution in [0.25, 0.3) is 0 Å². The highest BCUT2D eigenvalue weighted by molar-refractivity contribution is 5.90. The van der Waals surface area contributed by atoms with Gasteiger partial charge in [0.25, 0.3) is 0 Å². The summed E-state index contributed by atoms with van der Waals surface area (Å²) < 4.78 is 0. The van der Waals surface area contributed by atoms with Gasteiger partial charge in [-0.25, -0.2) is 0 Å². The fourth-order valence-corrected chi connectivity index (χ4v) is 2.38. The molecule has 3 nitrogen and oxygen atoms in total. The number of hydrogen-bond donors (Lipinski definition) is 2. The van der Waals surface area contributed by atoms with Gasteiger partial charge >= 0.3 is 0 Å². The second-order valence-corrected chi connectivity index (χ2v) is 4.43. The van der Waals surface area contributed by atoms with Crippen molar-refractivity contribution in [1.82, 2.24) is 5.32 Å². The first-order valence-corrected chi connectivity index (χ1v) is 4.98. The third-order valence-electron chi connectivity index (χ3n) is 3.15. The van der Waals surface area contributed by atoms with Crippen molar-refractivity contribution in [1.29, 1.82) is 0 Å². The van der Waals surface area contributed by atoms with E-state index in [1.807, 2.05) is 19.9 Å².